The van der Waals surface area contributed by atoms with Crippen molar-refractivity contribution in [1.82, 2.24) is 10.3 Å². The number of hydrogen-bond donors (Lipinski definition) is 2. The van der Waals surface area contributed by atoms with E-state index in [-0.39, 0.29) is 6.10 Å². The standard InChI is InChI=1S/C21H27N3O2/c1-26-20-11-3-2-7-17(20)8-4-12-22-15-18-9-5-13-23-21(18)24-14-6-10-19(25)16-24/h2-5,7-9,11,13,19,22,25H,6,10,12,14-16H2,1H3/b8-4+/t19-/m0/s1. The van der Waals surface area contributed by atoms with E-state index in [4.69, 9.17) is 4.74 Å². The molecule has 5 heteroatoms. The molecule has 0 amide bonds. The van der Waals surface area contributed by atoms with Crippen LogP contribution in [0.3, 0.4) is 0 Å². The average molecular weight is 353 g/mol. The van der Waals surface area contributed by atoms with Crippen LogP contribution >= 0.6 is 0 Å². The van der Waals surface area contributed by atoms with Crippen LogP contribution in [-0.4, -0.2) is 42.9 Å². The lowest BCUT2D eigenvalue weighted by Gasteiger charge is -2.32. The maximum absolute atomic E-state index is 9.92. The van der Waals surface area contributed by atoms with Gasteiger partial charge in [0.25, 0.3) is 0 Å². The molecule has 1 fully saturated rings. The zero-order valence-electron chi connectivity index (χ0n) is 15.3. The van der Waals surface area contributed by atoms with Crippen molar-refractivity contribution in [2.45, 2.75) is 25.5 Å². The lowest BCUT2D eigenvalue weighted by atomic mass is 10.1. The van der Waals surface area contributed by atoms with Gasteiger partial charge in [-0.15, -0.1) is 0 Å². The van der Waals surface area contributed by atoms with Gasteiger partial charge in [0.1, 0.15) is 11.6 Å². The number of pyridine rings is 1. The third-order valence-corrected chi connectivity index (χ3v) is 4.58. The number of methoxy groups -OCH3 is 1. The fourth-order valence-corrected chi connectivity index (χ4v) is 3.28. The molecular weight excluding hydrogens is 326 g/mol. The molecule has 1 aromatic heterocycles. The van der Waals surface area contributed by atoms with Gasteiger partial charge in [-0.3, -0.25) is 0 Å². The van der Waals surface area contributed by atoms with Gasteiger partial charge < -0.3 is 20.1 Å². The minimum atomic E-state index is -0.254. The van der Waals surface area contributed by atoms with Crippen LogP contribution in [0.1, 0.15) is 24.0 Å². The lowest BCUT2D eigenvalue weighted by Crippen LogP contribution is -2.39. The molecule has 1 aliphatic rings. The molecular formula is C21H27N3O2. The van der Waals surface area contributed by atoms with Gasteiger partial charge in [-0.25, -0.2) is 4.98 Å². The molecule has 1 saturated heterocycles. The Balaban J connectivity index is 1.56. The van der Waals surface area contributed by atoms with Crippen LogP contribution in [0.5, 0.6) is 5.75 Å². The van der Waals surface area contributed by atoms with Crippen LogP contribution in [0.4, 0.5) is 5.82 Å². The van der Waals surface area contributed by atoms with Gasteiger partial charge >= 0.3 is 0 Å². The van der Waals surface area contributed by atoms with Crippen LogP contribution in [0.2, 0.25) is 0 Å². The third-order valence-electron chi connectivity index (χ3n) is 4.58. The summed E-state index contributed by atoms with van der Waals surface area (Å²) in [4.78, 5) is 6.74. The molecule has 0 bridgehead atoms. The zero-order valence-corrected chi connectivity index (χ0v) is 15.3. The van der Waals surface area contributed by atoms with Crippen molar-refractivity contribution >= 4 is 11.9 Å². The second-order valence-electron chi connectivity index (χ2n) is 6.50. The number of nitrogens with zero attached hydrogens (tertiary/aromatic N) is 2. The number of hydrogen-bond acceptors (Lipinski definition) is 5. The van der Waals surface area contributed by atoms with Gasteiger partial charge in [0.05, 0.1) is 13.2 Å². The van der Waals surface area contributed by atoms with Crippen molar-refractivity contribution in [2.24, 2.45) is 0 Å². The average Bonchev–Trinajstić information content (AvgIpc) is 2.68. The first-order valence-electron chi connectivity index (χ1n) is 9.15. The predicted molar refractivity (Wildman–Crippen MR) is 105 cm³/mol. The van der Waals surface area contributed by atoms with Gasteiger partial charge in [0.15, 0.2) is 0 Å². The van der Waals surface area contributed by atoms with E-state index in [1.165, 1.54) is 0 Å². The molecule has 0 saturated carbocycles. The van der Waals surface area contributed by atoms with Gasteiger partial charge in [-0.2, -0.15) is 0 Å². The number of piperidine rings is 1. The number of aliphatic hydroxyl groups excluding tert-OH is 1. The fraction of sp³-hybridized carbons (Fsp3) is 0.381. The summed E-state index contributed by atoms with van der Waals surface area (Å²) < 4.78 is 5.36. The number of aliphatic hydroxyl groups is 1. The van der Waals surface area contributed by atoms with Gasteiger partial charge in [-0.05, 0) is 25.0 Å². The smallest absolute Gasteiger partial charge is 0.133 e. The highest BCUT2D eigenvalue weighted by atomic mass is 16.5. The quantitative estimate of drug-likeness (QED) is 0.750. The number of nitrogens with one attached hydrogen (secondary N) is 1. The molecule has 2 heterocycles. The first kappa shape index (κ1) is 18.4. The van der Waals surface area contributed by atoms with E-state index in [1.807, 2.05) is 36.5 Å². The summed E-state index contributed by atoms with van der Waals surface area (Å²) in [6.07, 6.45) is 7.61. The molecule has 2 aromatic rings. The van der Waals surface area contributed by atoms with Crippen molar-refractivity contribution in [2.75, 3.05) is 31.6 Å². The number of anilines is 1. The Morgan fingerprint density at radius 2 is 2.19 bits per heavy atom. The van der Waals surface area contributed by atoms with E-state index in [1.54, 1.807) is 7.11 Å². The highest BCUT2D eigenvalue weighted by Gasteiger charge is 2.20. The highest BCUT2D eigenvalue weighted by Crippen LogP contribution is 2.22. The topological polar surface area (TPSA) is 57.6 Å². The molecule has 1 atom stereocenters. The number of ether oxygens (including phenoxy) is 1. The van der Waals surface area contributed by atoms with E-state index >= 15 is 0 Å². The van der Waals surface area contributed by atoms with E-state index in [2.05, 4.69) is 33.4 Å². The third kappa shape index (κ3) is 4.84. The van der Waals surface area contributed by atoms with Gasteiger partial charge in [0.2, 0.25) is 0 Å². The molecule has 5 nitrogen and oxygen atoms in total. The molecule has 0 unspecified atom stereocenters. The van der Waals surface area contributed by atoms with Crippen LogP contribution in [0, 0.1) is 0 Å². The Labute approximate surface area is 155 Å². The second-order valence-corrected chi connectivity index (χ2v) is 6.50. The molecule has 0 aliphatic carbocycles. The maximum Gasteiger partial charge on any atom is 0.133 e. The lowest BCUT2D eigenvalue weighted by molar-refractivity contribution is 0.154. The predicted octanol–water partition coefficient (Wildman–Crippen LogP) is 2.85. The molecule has 1 aliphatic heterocycles. The minimum absolute atomic E-state index is 0.254. The number of rotatable bonds is 7. The zero-order chi connectivity index (χ0) is 18.2. The Morgan fingerprint density at radius 3 is 3.04 bits per heavy atom. The summed E-state index contributed by atoms with van der Waals surface area (Å²) in [6, 6.07) is 12.0. The van der Waals surface area contributed by atoms with Crippen LogP contribution < -0.4 is 15.0 Å². The van der Waals surface area contributed by atoms with Crippen molar-refractivity contribution < 1.29 is 9.84 Å². The summed E-state index contributed by atoms with van der Waals surface area (Å²) >= 11 is 0. The largest absolute Gasteiger partial charge is 0.496 e. The van der Waals surface area contributed by atoms with Gasteiger partial charge in [0, 0.05) is 43.5 Å². The van der Waals surface area contributed by atoms with E-state index in [0.717, 1.165) is 55.2 Å². The van der Waals surface area contributed by atoms with Crippen LogP contribution in [0.25, 0.3) is 6.08 Å². The Bertz CT molecular complexity index is 733. The second kappa shape index (κ2) is 9.36. The molecule has 0 spiro atoms. The summed E-state index contributed by atoms with van der Waals surface area (Å²) in [6.45, 7) is 3.12. The molecule has 3 rings (SSSR count). The van der Waals surface area contributed by atoms with Crippen molar-refractivity contribution in [3.05, 3.63) is 59.8 Å². The van der Waals surface area contributed by atoms with Crippen molar-refractivity contribution in [3.8, 4) is 5.75 Å². The van der Waals surface area contributed by atoms with Crippen molar-refractivity contribution in [1.29, 1.82) is 0 Å². The number of β-amino-alcohol motifs (C(OH)–C–C–N with tert-alkyl or cyclic N) is 1. The van der Waals surface area contributed by atoms with Crippen molar-refractivity contribution in [3.63, 3.8) is 0 Å². The Hall–Kier alpha value is -2.37. The molecule has 0 radical (unpaired) electrons. The fourth-order valence-electron chi connectivity index (χ4n) is 3.28. The number of para-hydroxylation sites is 1. The van der Waals surface area contributed by atoms with Crippen LogP contribution in [-0.2, 0) is 6.54 Å². The van der Waals surface area contributed by atoms with E-state index < -0.39 is 0 Å². The minimum Gasteiger partial charge on any atom is -0.496 e. The molecule has 26 heavy (non-hydrogen) atoms. The maximum atomic E-state index is 9.92. The molecule has 138 valence electrons. The summed E-state index contributed by atoms with van der Waals surface area (Å²) in [5, 5.41) is 13.4. The van der Waals surface area contributed by atoms with Gasteiger partial charge in [-0.1, -0.05) is 36.4 Å². The highest BCUT2D eigenvalue weighted by molar-refractivity contribution is 5.57. The SMILES string of the molecule is COc1ccccc1/C=C/CNCc1cccnc1N1CCC[C@H](O)C1. The summed E-state index contributed by atoms with van der Waals surface area (Å²) in [7, 11) is 1.69. The first-order chi connectivity index (χ1) is 12.8. The van der Waals surface area contributed by atoms with E-state index in [9.17, 15) is 5.11 Å². The number of aromatic nitrogens is 1. The molecule has 1 aromatic carbocycles. The Morgan fingerprint density at radius 1 is 1.31 bits per heavy atom. The normalized spacial score (nSPS) is 17.6. The number of benzene rings is 1. The van der Waals surface area contributed by atoms with Crippen LogP contribution in [0.15, 0.2) is 48.7 Å². The van der Waals surface area contributed by atoms with E-state index in [0.29, 0.717) is 6.54 Å². The monoisotopic (exact) mass is 353 g/mol. The summed E-state index contributed by atoms with van der Waals surface area (Å²) in [5.41, 5.74) is 2.23. The molecule has 2 N–H and O–H groups in total. The first-order valence-corrected chi connectivity index (χ1v) is 9.15. The Kier molecular flexibility index (Phi) is 6.63. The summed E-state index contributed by atoms with van der Waals surface area (Å²) in [5.74, 6) is 1.86.